The highest BCUT2D eigenvalue weighted by Gasteiger charge is 2.26. The summed E-state index contributed by atoms with van der Waals surface area (Å²) in [5.74, 6) is 0.802. The number of hydrogen-bond acceptors (Lipinski definition) is 2. The van der Waals surface area contributed by atoms with E-state index in [4.69, 9.17) is 4.98 Å². The highest BCUT2D eigenvalue weighted by molar-refractivity contribution is 6.21. The zero-order valence-electron chi connectivity index (χ0n) is 35.5. The van der Waals surface area contributed by atoms with Crippen LogP contribution in [0, 0.1) is 11.3 Å². The van der Waals surface area contributed by atoms with Crippen LogP contribution in [0.1, 0.15) is 5.56 Å². The number of fused-ring (bicyclic) bond motifs is 12. The first-order valence-electron chi connectivity index (χ1n) is 22.3. The van der Waals surface area contributed by atoms with Gasteiger partial charge in [-0.3, -0.25) is 4.57 Å². The molecule has 0 saturated carbocycles. The molecule has 0 aliphatic heterocycles. The van der Waals surface area contributed by atoms with E-state index in [0.29, 0.717) is 5.56 Å². The van der Waals surface area contributed by atoms with E-state index in [0.717, 1.165) is 99.7 Å². The van der Waals surface area contributed by atoms with Crippen LogP contribution in [0.15, 0.2) is 219 Å². The second-order valence-corrected chi connectivity index (χ2v) is 17.1. The van der Waals surface area contributed by atoms with Gasteiger partial charge in [0.15, 0.2) is 5.82 Å². The van der Waals surface area contributed by atoms with Gasteiger partial charge in [-0.05, 0) is 96.6 Å². The van der Waals surface area contributed by atoms with Crippen LogP contribution in [0.2, 0.25) is 0 Å². The maximum atomic E-state index is 9.90. The summed E-state index contributed by atoms with van der Waals surface area (Å²) in [5.41, 5.74) is 14.6. The number of nitrogens with zero attached hydrogens (tertiary/aromatic N) is 6. The highest BCUT2D eigenvalue weighted by atomic mass is 15.1. The van der Waals surface area contributed by atoms with Crippen molar-refractivity contribution in [2.45, 2.75) is 0 Å². The lowest BCUT2D eigenvalue weighted by Gasteiger charge is -2.20. The predicted molar refractivity (Wildman–Crippen MR) is 272 cm³/mol. The molecule has 0 unspecified atom stereocenters. The lowest BCUT2D eigenvalue weighted by Crippen LogP contribution is -2.08. The fourth-order valence-electron chi connectivity index (χ4n) is 10.8. The third-order valence-electron chi connectivity index (χ3n) is 13.6. The zero-order valence-corrected chi connectivity index (χ0v) is 35.5. The molecule has 306 valence electrons. The quantitative estimate of drug-likeness (QED) is 0.173. The summed E-state index contributed by atoms with van der Waals surface area (Å²) >= 11 is 0. The minimum absolute atomic E-state index is 0.614. The van der Waals surface area contributed by atoms with Gasteiger partial charge in [-0.1, -0.05) is 121 Å². The van der Waals surface area contributed by atoms with Crippen LogP contribution in [-0.2, 0) is 0 Å². The van der Waals surface area contributed by atoms with Crippen LogP contribution in [0.5, 0.6) is 0 Å². The average Bonchev–Trinajstić information content (AvgIpc) is 4.09. The molecule has 0 atom stereocenters. The van der Waals surface area contributed by atoms with Crippen molar-refractivity contribution in [1.82, 2.24) is 23.3 Å². The first-order chi connectivity index (χ1) is 32.7. The smallest absolute Gasteiger partial charge is 0.162 e. The summed E-state index contributed by atoms with van der Waals surface area (Å²) in [5, 5.41) is 19.3. The Hall–Kier alpha value is -9.18. The monoisotopic (exact) mass is 840 g/mol. The van der Waals surface area contributed by atoms with Crippen LogP contribution in [0.4, 0.5) is 0 Å². The molecule has 0 N–H and O–H groups in total. The van der Waals surface area contributed by atoms with Crippen molar-refractivity contribution in [2.75, 3.05) is 0 Å². The average molecular weight is 841 g/mol. The lowest BCUT2D eigenvalue weighted by atomic mass is 10.0. The molecule has 0 aliphatic rings. The van der Waals surface area contributed by atoms with Gasteiger partial charge in [-0.15, -0.1) is 0 Å². The van der Waals surface area contributed by atoms with E-state index < -0.39 is 0 Å². The van der Waals surface area contributed by atoms with Gasteiger partial charge in [0.05, 0.1) is 61.5 Å². The highest BCUT2D eigenvalue weighted by Crippen LogP contribution is 2.45. The number of hydrogen-bond donors (Lipinski definition) is 0. The largest absolute Gasteiger partial charge is 0.309 e. The number of benzene rings is 9. The Kier molecular flexibility index (Phi) is 7.65. The maximum absolute atomic E-state index is 9.90. The fourth-order valence-corrected chi connectivity index (χ4v) is 10.8. The Bertz CT molecular complexity index is 4330. The Morgan fingerprint density at radius 1 is 0.333 bits per heavy atom. The molecule has 14 aromatic rings. The molecule has 6 nitrogen and oxygen atoms in total. The molecule has 0 aliphatic carbocycles. The van der Waals surface area contributed by atoms with Gasteiger partial charge in [0, 0.05) is 66.2 Å². The fraction of sp³-hybridized carbons (Fsp3) is 0. The first kappa shape index (κ1) is 36.3. The molecular formula is C60H36N6. The summed E-state index contributed by atoms with van der Waals surface area (Å²) in [6.07, 6.45) is 1.94. The van der Waals surface area contributed by atoms with E-state index in [9.17, 15) is 5.26 Å². The van der Waals surface area contributed by atoms with Gasteiger partial charge in [0.2, 0.25) is 0 Å². The molecule has 6 heteroatoms. The van der Waals surface area contributed by atoms with Crippen LogP contribution in [-0.4, -0.2) is 23.3 Å². The molecule has 9 aromatic carbocycles. The van der Waals surface area contributed by atoms with Crippen molar-refractivity contribution in [1.29, 1.82) is 5.26 Å². The zero-order chi connectivity index (χ0) is 43.5. The van der Waals surface area contributed by atoms with Crippen molar-refractivity contribution in [3.05, 3.63) is 224 Å². The number of para-hydroxylation sites is 6. The molecule has 5 heterocycles. The van der Waals surface area contributed by atoms with Crippen molar-refractivity contribution in [3.63, 3.8) is 0 Å². The van der Waals surface area contributed by atoms with E-state index in [-0.39, 0.29) is 0 Å². The van der Waals surface area contributed by atoms with Crippen LogP contribution < -0.4 is 0 Å². The molecule has 5 aromatic heterocycles. The van der Waals surface area contributed by atoms with E-state index in [1.54, 1.807) is 0 Å². The number of pyridine rings is 1. The number of rotatable bonds is 5. The SMILES string of the molecule is N#Cc1ccc(-c2ccnc(-n3c4ccccc4c4cc5c6ccccc6n(-c6ccccc6)c5cc43)c2-n2c3ccccc3c3cc4c5ccccc5n(-c5ccccc5)c4cc32)cc1. The van der Waals surface area contributed by atoms with E-state index >= 15 is 0 Å². The summed E-state index contributed by atoms with van der Waals surface area (Å²) in [4.78, 5) is 5.45. The van der Waals surface area contributed by atoms with Crippen LogP contribution in [0.25, 0.3) is 121 Å². The van der Waals surface area contributed by atoms with Gasteiger partial charge in [0.25, 0.3) is 0 Å². The normalized spacial score (nSPS) is 11.9. The second-order valence-electron chi connectivity index (χ2n) is 17.1. The van der Waals surface area contributed by atoms with Crippen LogP contribution in [0.3, 0.4) is 0 Å². The summed E-state index contributed by atoms with van der Waals surface area (Å²) < 4.78 is 9.59. The standard InChI is InChI=1S/C60H36N6/c61-37-38-27-29-39(30-28-38)42-31-32-62-60(66-54-26-14-10-22-46(54)50-34-48-44-20-8-12-24-52(44)64(56(48)36-58(50)66)41-17-5-2-6-18-41)59(42)65-53-25-13-9-21-45(53)49-33-47-43-19-7-11-23-51(43)63(55(47)35-57(49)65)40-15-3-1-4-16-40/h1-36H. The van der Waals surface area contributed by atoms with Gasteiger partial charge in [-0.2, -0.15) is 5.26 Å². The maximum Gasteiger partial charge on any atom is 0.162 e. The Balaban J connectivity index is 1.16. The molecule has 66 heavy (non-hydrogen) atoms. The van der Waals surface area contributed by atoms with E-state index in [1.807, 2.05) is 18.3 Å². The molecule has 0 bridgehead atoms. The van der Waals surface area contributed by atoms with Crippen molar-refractivity contribution >= 4 is 87.2 Å². The number of aromatic nitrogens is 5. The summed E-state index contributed by atoms with van der Waals surface area (Å²) in [6.45, 7) is 0. The Morgan fingerprint density at radius 3 is 1.20 bits per heavy atom. The van der Waals surface area contributed by atoms with Crippen molar-refractivity contribution in [3.8, 4) is 40.1 Å². The molecule has 0 spiro atoms. The molecular weight excluding hydrogens is 805 g/mol. The molecule has 0 amide bonds. The third-order valence-corrected chi connectivity index (χ3v) is 13.6. The predicted octanol–water partition coefficient (Wildman–Crippen LogP) is 15.0. The molecule has 0 fully saturated rings. The molecule has 14 rings (SSSR count). The summed E-state index contributed by atoms with van der Waals surface area (Å²) in [6, 6.07) is 78.1. The first-order valence-corrected chi connectivity index (χ1v) is 22.3. The molecule has 0 radical (unpaired) electrons. The minimum Gasteiger partial charge on any atom is -0.309 e. The minimum atomic E-state index is 0.614. The Labute approximate surface area is 378 Å². The summed E-state index contributed by atoms with van der Waals surface area (Å²) in [7, 11) is 0. The van der Waals surface area contributed by atoms with Gasteiger partial charge >= 0.3 is 0 Å². The number of nitriles is 1. The van der Waals surface area contributed by atoms with Gasteiger partial charge < -0.3 is 13.7 Å². The Morgan fingerprint density at radius 2 is 0.727 bits per heavy atom. The van der Waals surface area contributed by atoms with Crippen molar-refractivity contribution < 1.29 is 0 Å². The van der Waals surface area contributed by atoms with E-state index in [1.165, 1.54) is 21.5 Å². The third kappa shape index (κ3) is 5.08. The topological polar surface area (TPSA) is 56.4 Å². The molecule has 0 saturated heterocycles. The van der Waals surface area contributed by atoms with Crippen LogP contribution >= 0.6 is 0 Å². The lowest BCUT2D eigenvalue weighted by molar-refractivity contribution is 1.03. The van der Waals surface area contributed by atoms with E-state index in [2.05, 4.69) is 225 Å². The van der Waals surface area contributed by atoms with Crippen molar-refractivity contribution in [2.24, 2.45) is 0 Å². The second kappa shape index (κ2) is 13.9. The van der Waals surface area contributed by atoms with Gasteiger partial charge in [-0.25, -0.2) is 4.98 Å². The van der Waals surface area contributed by atoms with Gasteiger partial charge in [0.1, 0.15) is 0 Å².